The van der Waals surface area contributed by atoms with Crippen LogP contribution < -0.4 is 5.73 Å². The maximum Gasteiger partial charge on any atom is 0.335 e. The smallest absolute Gasteiger partial charge is 0.335 e. The topological polar surface area (TPSA) is 80.4 Å². The van der Waals surface area contributed by atoms with Crippen molar-refractivity contribution in [3.05, 3.63) is 46.2 Å². The monoisotopic (exact) mass is 247 g/mol. The number of aromatic carboxylic acids is 1. The van der Waals surface area contributed by atoms with Gasteiger partial charge in [0.25, 0.3) is 5.91 Å². The number of nitrogens with two attached hydrogens (primary N) is 1. The molecule has 0 saturated carbocycles. The predicted molar refractivity (Wildman–Crippen MR) is 65.2 cm³/mol. The summed E-state index contributed by atoms with van der Waals surface area (Å²) in [6.07, 6.45) is 0. The van der Waals surface area contributed by atoms with Crippen molar-refractivity contribution in [1.29, 1.82) is 0 Å². The van der Waals surface area contributed by atoms with E-state index in [0.717, 1.165) is 11.1 Å². The summed E-state index contributed by atoms with van der Waals surface area (Å²) < 4.78 is 0. The summed E-state index contributed by atoms with van der Waals surface area (Å²) in [6.45, 7) is 0. The fourth-order valence-electron chi connectivity index (χ4n) is 1.42. The van der Waals surface area contributed by atoms with Crippen molar-refractivity contribution in [1.82, 2.24) is 0 Å². The van der Waals surface area contributed by atoms with Crippen LogP contribution in [0.4, 0.5) is 0 Å². The Morgan fingerprint density at radius 2 is 1.76 bits per heavy atom. The second-order valence-corrected chi connectivity index (χ2v) is 4.36. The zero-order chi connectivity index (χ0) is 12.4. The van der Waals surface area contributed by atoms with E-state index in [0.29, 0.717) is 4.88 Å². The highest BCUT2D eigenvalue weighted by Gasteiger charge is 2.07. The Kier molecular flexibility index (Phi) is 2.93. The fourth-order valence-corrected chi connectivity index (χ4v) is 2.19. The highest BCUT2D eigenvalue weighted by Crippen LogP contribution is 2.25. The number of carbonyl (C=O) groups is 2. The van der Waals surface area contributed by atoms with Crippen molar-refractivity contribution in [2.24, 2.45) is 5.73 Å². The predicted octanol–water partition coefficient (Wildman–Crippen LogP) is 2.21. The van der Waals surface area contributed by atoms with Crippen molar-refractivity contribution in [3.63, 3.8) is 0 Å². The number of thiophene rings is 1. The second kappa shape index (κ2) is 4.39. The molecule has 1 heterocycles. The Morgan fingerprint density at radius 3 is 2.24 bits per heavy atom. The molecule has 86 valence electrons. The van der Waals surface area contributed by atoms with Gasteiger partial charge in [0.15, 0.2) is 0 Å². The third kappa shape index (κ3) is 2.34. The molecule has 0 radical (unpaired) electrons. The second-order valence-electron chi connectivity index (χ2n) is 3.45. The minimum atomic E-state index is -0.959. The number of carbonyl (C=O) groups excluding carboxylic acids is 1. The van der Waals surface area contributed by atoms with Gasteiger partial charge in [-0.3, -0.25) is 4.79 Å². The molecule has 0 atom stereocenters. The third-order valence-electron chi connectivity index (χ3n) is 2.31. The standard InChI is InChI=1S/C12H9NO3S/c13-11(14)10-5-9(6-17-10)7-1-3-8(4-2-7)12(15)16/h1-6H,(H2,13,14)(H,15,16). The first kappa shape index (κ1) is 11.3. The lowest BCUT2D eigenvalue weighted by molar-refractivity contribution is 0.0696. The fraction of sp³-hybridized carbons (Fsp3) is 0. The first-order chi connectivity index (χ1) is 8.08. The summed E-state index contributed by atoms with van der Waals surface area (Å²) in [7, 11) is 0. The number of benzene rings is 1. The Hall–Kier alpha value is -2.14. The van der Waals surface area contributed by atoms with Gasteiger partial charge in [0, 0.05) is 0 Å². The third-order valence-corrected chi connectivity index (χ3v) is 3.25. The highest BCUT2D eigenvalue weighted by molar-refractivity contribution is 7.12. The lowest BCUT2D eigenvalue weighted by atomic mass is 10.1. The molecule has 0 aliphatic carbocycles. The zero-order valence-corrected chi connectivity index (χ0v) is 9.53. The van der Waals surface area contributed by atoms with Gasteiger partial charge in [0.05, 0.1) is 10.4 Å². The van der Waals surface area contributed by atoms with E-state index >= 15 is 0 Å². The number of rotatable bonds is 3. The summed E-state index contributed by atoms with van der Waals surface area (Å²) in [6, 6.07) is 8.16. The van der Waals surface area contributed by atoms with Crippen LogP contribution >= 0.6 is 11.3 Å². The Morgan fingerprint density at radius 1 is 1.12 bits per heavy atom. The van der Waals surface area contributed by atoms with Gasteiger partial charge in [-0.2, -0.15) is 0 Å². The molecule has 17 heavy (non-hydrogen) atoms. The lowest BCUT2D eigenvalue weighted by Crippen LogP contribution is -2.08. The summed E-state index contributed by atoms with van der Waals surface area (Å²) in [5.41, 5.74) is 7.12. The Labute approximate surface area is 101 Å². The molecular weight excluding hydrogens is 238 g/mol. The van der Waals surface area contributed by atoms with Crippen LogP contribution in [-0.2, 0) is 0 Å². The summed E-state index contributed by atoms with van der Waals surface area (Å²) in [5, 5.41) is 10.6. The van der Waals surface area contributed by atoms with Crippen LogP contribution in [0, 0.1) is 0 Å². The molecule has 0 fully saturated rings. The first-order valence-electron chi connectivity index (χ1n) is 4.80. The lowest BCUT2D eigenvalue weighted by Gasteiger charge is -1.98. The van der Waals surface area contributed by atoms with Gasteiger partial charge in [-0.15, -0.1) is 11.3 Å². The molecule has 1 aromatic heterocycles. The number of hydrogen-bond donors (Lipinski definition) is 2. The van der Waals surface area contributed by atoms with Gasteiger partial charge in [0.1, 0.15) is 0 Å². The van der Waals surface area contributed by atoms with Crippen LogP contribution in [0.1, 0.15) is 20.0 Å². The molecule has 3 N–H and O–H groups in total. The highest BCUT2D eigenvalue weighted by atomic mass is 32.1. The average molecular weight is 247 g/mol. The van der Waals surface area contributed by atoms with E-state index in [1.165, 1.54) is 23.5 Å². The van der Waals surface area contributed by atoms with Crippen molar-refractivity contribution < 1.29 is 14.7 Å². The van der Waals surface area contributed by atoms with E-state index in [1.807, 2.05) is 5.38 Å². The SMILES string of the molecule is NC(=O)c1cc(-c2ccc(C(=O)O)cc2)cs1. The molecule has 4 nitrogen and oxygen atoms in total. The summed E-state index contributed by atoms with van der Waals surface area (Å²) in [4.78, 5) is 22.1. The Balaban J connectivity index is 2.33. The van der Waals surface area contributed by atoms with Crippen LogP contribution in [0.2, 0.25) is 0 Å². The van der Waals surface area contributed by atoms with Crippen LogP contribution in [0.25, 0.3) is 11.1 Å². The number of hydrogen-bond acceptors (Lipinski definition) is 3. The minimum absolute atomic E-state index is 0.235. The van der Waals surface area contributed by atoms with Crippen molar-refractivity contribution in [2.75, 3.05) is 0 Å². The number of amides is 1. The molecule has 1 aromatic carbocycles. The van der Waals surface area contributed by atoms with Crippen LogP contribution in [0.15, 0.2) is 35.7 Å². The summed E-state index contributed by atoms with van der Waals surface area (Å²) in [5.74, 6) is -1.41. The molecule has 0 aliphatic heterocycles. The maximum absolute atomic E-state index is 10.9. The van der Waals surface area contributed by atoms with Crippen LogP contribution in [0.5, 0.6) is 0 Å². The quantitative estimate of drug-likeness (QED) is 0.872. The molecule has 5 heteroatoms. The molecule has 1 amide bonds. The normalized spacial score (nSPS) is 10.1. The van der Waals surface area contributed by atoms with E-state index in [1.54, 1.807) is 18.2 Å². The molecule has 0 bridgehead atoms. The van der Waals surface area contributed by atoms with Crippen LogP contribution in [-0.4, -0.2) is 17.0 Å². The molecule has 0 unspecified atom stereocenters. The Bertz CT molecular complexity index is 572. The molecular formula is C12H9NO3S. The molecule has 2 rings (SSSR count). The molecule has 2 aromatic rings. The maximum atomic E-state index is 10.9. The van der Waals surface area contributed by atoms with Crippen molar-refractivity contribution >= 4 is 23.2 Å². The number of carboxylic acids is 1. The number of carboxylic acid groups (broad SMARTS) is 1. The first-order valence-corrected chi connectivity index (χ1v) is 5.68. The van der Waals surface area contributed by atoms with E-state index in [4.69, 9.17) is 10.8 Å². The zero-order valence-electron chi connectivity index (χ0n) is 8.71. The van der Waals surface area contributed by atoms with E-state index in [-0.39, 0.29) is 5.56 Å². The van der Waals surface area contributed by atoms with Gasteiger partial charge in [-0.1, -0.05) is 12.1 Å². The largest absolute Gasteiger partial charge is 0.478 e. The number of primary amides is 1. The van der Waals surface area contributed by atoms with Gasteiger partial charge < -0.3 is 10.8 Å². The van der Waals surface area contributed by atoms with Gasteiger partial charge >= 0.3 is 5.97 Å². The van der Waals surface area contributed by atoms with E-state index in [9.17, 15) is 9.59 Å². The molecule has 0 saturated heterocycles. The molecule has 0 aliphatic rings. The van der Waals surface area contributed by atoms with Crippen molar-refractivity contribution in [2.45, 2.75) is 0 Å². The van der Waals surface area contributed by atoms with E-state index in [2.05, 4.69) is 0 Å². The van der Waals surface area contributed by atoms with Crippen molar-refractivity contribution in [3.8, 4) is 11.1 Å². The average Bonchev–Trinajstić information content (AvgIpc) is 2.78. The van der Waals surface area contributed by atoms with Crippen LogP contribution in [0.3, 0.4) is 0 Å². The van der Waals surface area contributed by atoms with Gasteiger partial charge in [-0.05, 0) is 34.7 Å². The van der Waals surface area contributed by atoms with Gasteiger partial charge in [-0.25, -0.2) is 4.79 Å². The van der Waals surface area contributed by atoms with E-state index < -0.39 is 11.9 Å². The minimum Gasteiger partial charge on any atom is -0.478 e. The summed E-state index contributed by atoms with van der Waals surface area (Å²) >= 11 is 1.27. The van der Waals surface area contributed by atoms with Gasteiger partial charge in [0.2, 0.25) is 0 Å². The molecule has 0 spiro atoms.